The molecule has 0 saturated carbocycles. The van der Waals surface area contributed by atoms with E-state index >= 15 is 0 Å². The summed E-state index contributed by atoms with van der Waals surface area (Å²) in [6, 6.07) is 12.8. The van der Waals surface area contributed by atoms with Crippen LogP contribution in [0.4, 0.5) is 5.69 Å². The van der Waals surface area contributed by atoms with E-state index in [4.69, 9.17) is 14.3 Å². The van der Waals surface area contributed by atoms with E-state index in [9.17, 15) is 18.6 Å². The maximum absolute atomic E-state index is 12.5. The maximum Gasteiger partial charge on any atom is 0.378 e. The van der Waals surface area contributed by atoms with Crippen LogP contribution >= 0.6 is 0 Å². The number of hydrogen-bond donors (Lipinski definition) is 1. The number of hydrogen-bond acceptors (Lipinski definition) is 7. The van der Waals surface area contributed by atoms with E-state index in [0.717, 1.165) is 0 Å². The second kappa shape index (κ2) is 7.49. The summed E-state index contributed by atoms with van der Waals surface area (Å²) in [4.78, 5) is 2.72. The fourth-order valence-electron chi connectivity index (χ4n) is 2.50. The molecule has 3 rings (SSSR count). The predicted octanol–water partition coefficient (Wildman–Crippen LogP) is 2.89. The van der Waals surface area contributed by atoms with Gasteiger partial charge < -0.3 is 14.9 Å². The molecule has 0 saturated heterocycles. The number of rotatable bonds is 6. The molecule has 0 aliphatic heterocycles. The van der Waals surface area contributed by atoms with Crippen molar-refractivity contribution < 1.29 is 27.6 Å². The molecule has 0 bridgehead atoms. The van der Waals surface area contributed by atoms with Gasteiger partial charge in [-0.2, -0.15) is 8.42 Å². The molecule has 138 valence electrons. The highest BCUT2D eigenvalue weighted by Crippen LogP contribution is 2.35. The van der Waals surface area contributed by atoms with Crippen LogP contribution in [0.15, 0.2) is 59.5 Å². The minimum atomic E-state index is -4.14. The van der Waals surface area contributed by atoms with Crippen molar-refractivity contribution >= 4 is 26.6 Å². The van der Waals surface area contributed by atoms with Crippen LogP contribution in [-0.2, 0) is 14.3 Å². The molecule has 0 amide bonds. The SMILES string of the molecule is N#[N+]c1ccc2c(S(=O)(=O)OCCOc3ccc(O)cc3)cccc2c1[O-]. The molecule has 0 unspecified atom stereocenters. The van der Waals surface area contributed by atoms with Crippen LogP contribution in [0.1, 0.15) is 0 Å². The van der Waals surface area contributed by atoms with Gasteiger partial charge in [0.05, 0.1) is 0 Å². The summed E-state index contributed by atoms with van der Waals surface area (Å²) in [7, 11) is -4.14. The third kappa shape index (κ3) is 3.92. The fraction of sp³-hybridized carbons (Fsp3) is 0.111. The maximum atomic E-state index is 12.5. The number of nitrogens with zero attached hydrogens (tertiary/aromatic N) is 2. The zero-order valence-corrected chi connectivity index (χ0v) is 14.7. The van der Waals surface area contributed by atoms with Gasteiger partial charge in [0.25, 0.3) is 10.1 Å². The first-order chi connectivity index (χ1) is 12.9. The van der Waals surface area contributed by atoms with E-state index in [0.29, 0.717) is 5.75 Å². The Bertz CT molecular complexity index is 1120. The lowest BCUT2D eigenvalue weighted by atomic mass is 10.1. The number of diazo groups is 1. The summed E-state index contributed by atoms with van der Waals surface area (Å²) in [6.45, 7) is -0.275. The first-order valence-electron chi connectivity index (χ1n) is 7.81. The Morgan fingerprint density at radius 1 is 1.00 bits per heavy atom. The first kappa shape index (κ1) is 18.4. The summed E-state index contributed by atoms with van der Waals surface area (Å²) in [5, 5.41) is 30.4. The Kier molecular flexibility index (Phi) is 5.12. The van der Waals surface area contributed by atoms with Gasteiger partial charge in [0.1, 0.15) is 29.6 Å². The zero-order valence-electron chi connectivity index (χ0n) is 13.9. The topological polar surface area (TPSA) is 124 Å². The Morgan fingerprint density at radius 2 is 1.74 bits per heavy atom. The van der Waals surface area contributed by atoms with Gasteiger partial charge in [-0.25, -0.2) is 0 Å². The molecule has 0 aromatic heterocycles. The summed E-state index contributed by atoms with van der Waals surface area (Å²) in [6.07, 6.45) is 0. The van der Waals surface area contributed by atoms with Crippen molar-refractivity contribution in [3.8, 4) is 17.2 Å². The van der Waals surface area contributed by atoms with Gasteiger partial charge in [-0.05, 0) is 47.5 Å². The van der Waals surface area contributed by atoms with Crippen molar-refractivity contribution in [1.29, 1.82) is 5.39 Å². The van der Waals surface area contributed by atoms with Crippen molar-refractivity contribution in [1.82, 2.24) is 0 Å². The Balaban J connectivity index is 1.76. The molecule has 0 fully saturated rings. The van der Waals surface area contributed by atoms with E-state index < -0.39 is 15.9 Å². The number of phenolic OH excluding ortho intramolecular Hbond substituents is 1. The monoisotopic (exact) mass is 386 g/mol. The third-order valence-corrected chi connectivity index (χ3v) is 5.13. The van der Waals surface area contributed by atoms with Gasteiger partial charge in [-0.3, -0.25) is 4.18 Å². The highest BCUT2D eigenvalue weighted by molar-refractivity contribution is 7.87. The second-order valence-electron chi connectivity index (χ2n) is 5.48. The summed E-state index contributed by atoms with van der Waals surface area (Å²) >= 11 is 0. The van der Waals surface area contributed by atoms with E-state index in [2.05, 4.69) is 4.98 Å². The van der Waals surface area contributed by atoms with E-state index in [-0.39, 0.29) is 40.3 Å². The van der Waals surface area contributed by atoms with Crippen LogP contribution < -0.4 is 9.84 Å². The summed E-state index contributed by atoms with van der Waals surface area (Å²) < 4.78 is 35.3. The van der Waals surface area contributed by atoms with Crippen LogP contribution in [0.5, 0.6) is 17.2 Å². The minimum Gasteiger partial charge on any atom is -0.867 e. The van der Waals surface area contributed by atoms with Crippen LogP contribution in [0, 0.1) is 5.39 Å². The molecule has 0 spiro atoms. The van der Waals surface area contributed by atoms with Gasteiger partial charge in [-0.1, -0.05) is 12.1 Å². The van der Waals surface area contributed by atoms with Gasteiger partial charge in [0, 0.05) is 11.5 Å². The van der Waals surface area contributed by atoms with E-state index in [1.807, 2.05) is 0 Å². The quantitative estimate of drug-likeness (QED) is 0.392. The first-order valence-corrected chi connectivity index (χ1v) is 9.22. The smallest absolute Gasteiger partial charge is 0.378 e. The molecule has 0 atom stereocenters. The van der Waals surface area contributed by atoms with Crippen molar-refractivity contribution in [2.24, 2.45) is 0 Å². The molecule has 3 aromatic carbocycles. The van der Waals surface area contributed by atoms with Crippen molar-refractivity contribution in [2.75, 3.05) is 13.2 Å². The lowest BCUT2D eigenvalue weighted by molar-refractivity contribution is -0.264. The molecule has 0 aliphatic rings. The number of benzene rings is 3. The van der Waals surface area contributed by atoms with Crippen molar-refractivity contribution in [3.63, 3.8) is 0 Å². The Labute approximate surface area is 155 Å². The zero-order chi connectivity index (χ0) is 19.4. The van der Waals surface area contributed by atoms with Crippen LogP contribution in [0.3, 0.4) is 0 Å². The fourth-order valence-corrected chi connectivity index (χ4v) is 3.60. The molecular weight excluding hydrogens is 372 g/mol. The molecule has 3 aromatic rings. The third-order valence-electron chi connectivity index (χ3n) is 3.76. The van der Waals surface area contributed by atoms with Gasteiger partial charge >= 0.3 is 5.69 Å². The number of ether oxygens (including phenoxy) is 1. The average molecular weight is 386 g/mol. The Morgan fingerprint density at radius 3 is 2.44 bits per heavy atom. The summed E-state index contributed by atoms with van der Waals surface area (Å²) in [5.74, 6) is -0.0371. The molecule has 0 aliphatic carbocycles. The lowest BCUT2D eigenvalue weighted by Crippen LogP contribution is -2.13. The number of aromatic hydroxyl groups is 1. The van der Waals surface area contributed by atoms with E-state index in [1.165, 1.54) is 54.6 Å². The highest BCUT2D eigenvalue weighted by atomic mass is 32.2. The largest absolute Gasteiger partial charge is 0.867 e. The molecule has 27 heavy (non-hydrogen) atoms. The van der Waals surface area contributed by atoms with Crippen LogP contribution in [0.25, 0.3) is 15.7 Å². The predicted molar refractivity (Wildman–Crippen MR) is 94.9 cm³/mol. The molecular formula is C18H14N2O6S. The Hall–Kier alpha value is -3.35. The lowest BCUT2D eigenvalue weighted by Gasteiger charge is -2.12. The molecule has 0 heterocycles. The van der Waals surface area contributed by atoms with Crippen LogP contribution in [-0.4, -0.2) is 26.7 Å². The van der Waals surface area contributed by atoms with E-state index in [1.54, 1.807) is 0 Å². The van der Waals surface area contributed by atoms with Gasteiger partial charge in [0.15, 0.2) is 4.98 Å². The standard InChI is InChI=1S/C18H14N2O6S/c19-20-16-9-8-14-15(18(16)22)2-1-3-17(14)27(23,24)26-11-10-25-13-6-4-12(21)5-7-13/h1-9H,10-11H2,(H-,21,22). The average Bonchev–Trinajstić information content (AvgIpc) is 2.66. The number of fused-ring (bicyclic) bond motifs is 1. The van der Waals surface area contributed by atoms with Crippen LogP contribution in [0.2, 0.25) is 0 Å². The van der Waals surface area contributed by atoms with Crippen molar-refractivity contribution in [2.45, 2.75) is 4.90 Å². The normalized spacial score (nSPS) is 11.2. The minimum absolute atomic E-state index is 0.0326. The molecule has 0 radical (unpaired) electrons. The molecule has 1 N–H and O–H groups in total. The second-order valence-corrected chi connectivity index (χ2v) is 7.07. The van der Waals surface area contributed by atoms with Gasteiger partial charge in [-0.15, -0.1) is 0 Å². The number of phenols is 1. The molecule has 8 nitrogen and oxygen atoms in total. The molecule has 9 heteroatoms. The highest BCUT2D eigenvalue weighted by Gasteiger charge is 2.20. The van der Waals surface area contributed by atoms with Crippen molar-refractivity contribution in [3.05, 3.63) is 59.6 Å². The summed E-state index contributed by atoms with van der Waals surface area (Å²) in [5.41, 5.74) is -0.180. The van der Waals surface area contributed by atoms with Gasteiger partial charge in [0.2, 0.25) is 5.39 Å².